The van der Waals surface area contributed by atoms with Crippen LogP contribution < -0.4 is 0 Å². The molecule has 0 aromatic rings. The van der Waals surface area contributed by atoms with E-state index in [4.69, 9.17) is 20.4 Å². The van der Waals surface area contributed by atoms with Crippen molar-refractivity contribution in [2.75, 3.05) is 13.2 Å². The summed E-state index contributed by atoms with van der Waals surface area (Å²) >= 11 is 0. The van der Waals surface area contributed by atoms with Gasteiger partial charge in [0.25, 0.3) is 0 Å². The predicted molar refractivity (Wildman–Crippen MR) is 38.7 cm³/mol. The molecule has 0 spiro atoms. The van der Waals surface area contributed by atoms with E-state index in [0.717, 1.165) is 0 Å². The molecule has 0 aliphatic rings. The van der Waals surface area contributed by atoms with Crippen molar-refractivity contribution in [2.45, 2.75) is 12.8 Å². The molecule has 0 unspecified atom stereocenters. The number of carbonyl (C=O) groups is 2. The van der Waals surface area contributed by atoms with Gasteiger partial charge in [0.15, 0.2) is 0 Å². The maximum atomic E-state index is 9.44. The average molecular weight is 228 g/mol. The van der Waals surface area contributed by atoms with Crippen molar-refractivity contribution in [3.8, 4) is 0 Å². The normalized spacial score (nSPS) is 7.54. The van der Waals surface area contributed by atoms with Gasteiger partial charge in [-0.3, -0.25) is 9.59 Å². The second kappa shape index (κ2) is 14.1. The topological polar surface area (TPSA) is 115 Å². The van der Waals surface area contributed by atoms with E-state index in [1.807, 2.05) is 0 Å². The fourth-order valence-corrected chi connectivity index (χ4v) is 0.191. The van der Waals surface area contributed by atoms with Crippen molar-refractivity contribution in [1.29, 1.82) is 0 Å². The van der Waals surface area contributed by atoms with E-state index in [9.17, 15) is 9.59 Å². The molecule has 76 valence electrons. The van der Waals surface area contributed by atoms with E-state index >= 15 is 0 Å². The van der Waals surface area contributed by atoms with E-state index in [0.29, 0.717) is 0 Å². The Morgan fingerprint density at radius 3 is 1.08 bits per heavy atom. The van der Waals surface area contributed by atoms with Crippen LogP contribution in [0.4, 0.5) is 0 Å². The minimum absolute atomic E-state index is 0. The molecule has 0 radical (unpaired) electrons. The molecular formula is C6H12O6Ti. The van der Waals surface area contributed by atoms with E-state index in [2.05, 4.69) is 0 Å². The Hall–Kier alpha value is -0.426. The minimum Gasteiger partial charge on any atom is -0.481 e. The molecule has 0 rings (SSSR count). The van der Waals surface area contributed by atoms with Crippen LogP contribution in [0.2, 0.25) is 0 Å². The van der Waals surface area contributed by atoms with Crippen LogP contribution in [0.15, 0.2) is 0 Å². The molecule has 0 heterocycles. The van der Waals surface area contributed by atoms with Crippen LogP contribution >= 0.6 is 0 Å². The van der Waals surface area contributed by atoms with E-state index in [-0.39, 0.29) is 47.8 Å². The number of carboxylic acids is 2. The van der Waals surface area contributed by atoms with Gasteiger partial charge in [0, 0.05) is 21.7 Å². The summed E-state index contributed by atoms with van der Waals surface area (Å²) in [5, 5.41) is 31.2. The van der Waals surface area contributed by atoms with Gasteiger partial charge in [0.1, 0.15) is 0 Å². The zero-order chi connectivity index (χ0) is 9.98. The first kappa shape index (κ1) is 18.4. The van der Waals surface area contributed by atoms with Crippen molar-refractivity contribution in [1.82, 2.24) is 0 Å². The maximum Gasteiger partial charge on any atom is 0.305 e. The van der Waals surface area contributed by atoms with Crippen molar-refractivity contribution in [3.05, 3.63) is 0 Å². The molecule has 7 heteroatoms. The Balaban J connectivity index is -0.000000143. The van der Waals surface area contributed by atoms with Gasteiger partial charge in [-0.1, -0.05) is 0 Å². The molecule has 0 aliphatic carbocycles. The van der Waals surface area contributed by atoms with E-state index in [1.165, 1.54) is 0 Å². The third-order valence-corrected chi connectivity index (χ3v) is 0.651. The molecule has 0 aromatic heterocycles. The molecule has 0 aliphatic heterocycles. The van der Waals surface area contributed by atoms with Gasteiger partial charge in [0.05, 0.1) is 26.1 Å². The molecule has 0 saturated heterocycles. The Morgan fingerprint density at radius 1 is 0.846 bits per heavy atom. The van der Waals surface area contributed by atoms with Crippen molar-refractivity contribution < 1.29 is 51.7 Å². The number of aliphatic carboxylic acids is 2. The molecule has 0 saturated carbocycles. The first-order valence-electron chi connectivity index (χ1n) is 3.20. The van der Waals surface area contributed by atoms with E-state index in [1.54, 1.807) is 0 Å². The summed E-state index contributed by atoms with van der Waals surface area (Å²) in [5.41, 5.74) is 0. The molecule has 0 bridgehead atoms. The average Bonchev–Trinajstić information content (AvgIpc) is 1.87. The third-order valence-electron chi connectivity index (χ3n) is 0.651. The molecule has 0 fully saturated rings. The summed E-state index contributed by atoms with van der Waals surface area (Å²) in [6, 6.07) is 0. The first-order chi connectivity index (χ1) is 5.54. The minimum atomic E-state index is -0.961. The summed E-state index contributed by atoms with van der Waals surface area (Å²) in [7, 11) is 0. The van der Waals surface area contributed by atoms with Crippen molar-refractivity contribution in [2.24, 2.45) is 0 Å². The Kier molecular flexibility index (Phi) is 20.0. The van der Waals surface area contributed by atoms with Gasteiger partial charge < -0.3 is 20.4 Å². The smallest absolute Gasteiger partial charge is 0.305 e. The Bertz CT molecular complexity index is 121. The van der Waals surface area contributed by atoms with E-state index < -0.39 is 11.9 Å². The standard InChI is InChI=1S/2C3H6O3.Ti/c2*4-2-1-3(5)6;/h2*4H,1-2H2,(H,5,6);. The van der Waals surface area contributed by atoms with Crippen LogP contribution in [0.25, 0.3) is 0 Å². The summed E-state index contributed by atoms with van der Waals surface area (Å²) < 4.78 is 0. The molecule has 6 nitrogen and oxygen atoms in total. The molecule has 4 N–H and O–H groups in total. The number of aliphatic hydroxyl groups is 2. The summed E-state index contributed by atoms with van der Waals surface area (Å²) in [6.45, 7) is -0.537. The SMILES string of the molecule is O=C(O)CCO.O=C(O)CCO.[Ti]. The number of rotatable bonds is 4. The van der Waals surface area contributed by atoms with Gasteiger partial charge >= 0.3 is 11.9 Å². The third kappa shape index (κ3) is 34.1. The monoisotopic (exact) mass is 228 g/mol. The summed E-state index contributed by atoms with van der Waals surface area (Å²) in [6.07, 6.45) is -0.306. The second-order valence-corrected chi connectivity index (χ2v) is 1.73. The predicted octanol–water partition coefficient (Wildman–Crippen LogP) is -1.10. The Labute approximate surface area is 90.1 Å². The number of carboxylic acid groups (broad SMARTS) is 2. The molecular weight excluding hydrogens is 216 g/mol. The largest absolute Gasteiger partial charge is 0.481 e. The fraction of sp³-hybridized carbons (Fsp3) is 0.667. The van der Waals surface area contributed by atoms with Crippen molar-refractivity contribution in [3.63, 3.8) is 0 Å². The van der Waals surface area contributed by atoms with Gasteiger partial charge in [-0.15, -0.1) is 0 Å². The molecule has 0 aromatic carbocycles. The van der Waals surface area contributed by atoms with Crippen LogP contribution in [0, 0.1) is 0 Å². The second-order valence-electron chi connectivity index (χ2n) is 1.73. The quantitative estimate of drug-likeness (QED) is 0.454. The van der Waals surface area contributed by atoms with Gasteiger partial charge in [-0.05, 0) is 0 Å². The summed E-state index contributed by atoms with van der Waals surface area (Å²) in [5.74, 6) is -1.92. The zero-order valence-corrected chi connectivity index (χ0v) is 8.50. The fourth-order valence-electron chi connectivity index (χ4n) is 0.191. The maximum absolute atomic E-state index is 9.44. The molecule has 13 heavy (non-hydrogen) atoms. The van der Waals surface area contributed by atoms with Crippen LogP contribution in [-0.4, -0.2) is 45.6 Å². The number of hydrogen-bond donors (Lipinski definition) is 4. The van der Waals surface area contributed by atoms with Crippen LogP contribution in [0.1, 0.15) is 12.8 Å². The van der Waals surface area contributed by atoms with Crippen LogP contribution in [0.3, 0.4) is 0 Å². The van der Waals surface area contributed by atoms with Crippen LogP contribution in [-0.2, 0) is 31.3 Å². The summed E-state index contributed by atoms with van der Waals surface area (Å²) in [4.78, 5) is 18.9. The van der Waals surface area contributed by atoms with Gasteiger partial charge in [-0.2, -0.15) is 0 Å². The first-order valence-corrected chi connectivity index (χ1v) is 3.20. The zero-order valence-electron chi connectivity index (χ0n) is 6.93. The number of hydrogen-bond acceptors (Lipinski definition) is 4. The van der Waals surface area contributed by atoms with Gasteiger partial charge in [0.2, 0.25) is 0 Å². The van der Waals surface area contributed by atoms with Gasteiger partial charge in [-0.25, -0.2) is 0 Å². The van der Waals surface area contributed by atoms with Crippen molar-refractivity contribution >= 4 is 11.9 Å². The number of aliphatic hydroxyl groups excluding tert-OH is 2. The molecule has 0 amide bonds. The van der Waals surface area contributed by atoms with Crippen LogP contribution in [0.5, 0.6) is 0 Å². The molecule has 0 atom stereocenters. The Morgan fingerprint density at radius 2 is 1.08 bits per heavy atom.